The molecule has 4 nitrogen and oxygen atoms in total. The van der Waals surface area contributed by atoms with E-state index < -0.39 is 0 Å². The Kier molecular flexibility index (Phi) is 6.52. The number of carbonyl (C=O) groups excluding carboxylic acids is 1. The summed E-state index contributed by atoms with van der Waals surface area (Å²) in [4.78, 5) is 14.3. The summed E-state index contributed by atoms with van der Waals surface area (Å²) in [5.41, 5.74) is 5.68. The lowest BCUT2D eigenvalue weighted by molar-refractivity contribution is -0.138. The normalized spacial score (nSPS) is 18.3. The van der Waals surface area contributed by atoms with Gasteiger partial charge in [-0.2, -0.15) is 0 Å². The van der Waals surface area contributed by atoms with E-state index in [0.29, 0.717) is 19.1 Å². The Morgan fingerprint density at radius 1 is 1.47 bits per heavy atom. The minimum Gasteiger partial charge on any atom is -0.395 e. The first-order valence-electron chi connectivity index (χ1n) is 6.86. The van der Waals surface area contributed by atoms with E-state index in [0.717, 1.165) is 25.7 Å². The van der Waals surface area contributed by atoms with E-state index in [9.17, 15) is 4.79 Å². The molecule has 0 aromatic carbocycles. The largest absolute Gasteiger partial charge is 0.395 e. The predicted molar refractivity (Wildman–Crippen MR) is 68.5 cm³/mol. The summed E-state index contributed by atoms with van der Waals surface area (Å²) in [5, 5.41) is 9.11. The standard InChI is InChI=1S/C13H26N2O2/c1-2-5-11(10-14)13(17)15(8-9-16)12-6-3-4-7-12/h11-12,16H,2-10,14H2,1H3. The van der Waals surface area contributed by atoms with E-state index in [1.165, 1.54) is 12.8 Å². The summed E-state index contributed by atoms with van der Waals surface area (Å²) in [6.45, 7) is 3.00. The molecule has 0 heterocycles. The van der Waals surface area contributed by atoms with Crippen molar-refractivity contribution in [3.63, 3.8) is 0 Å². The van der Waals surface area contributed by atoms with Crippen molar-refractivity contribution in [1.29, 1.82) is 0 Å². The van der Waals surface area contributed by atoms with Crippen LogP contribution >= 0.6 is 0 Å². The first-order chi connectivity index (χ1) is 8.24. The molecule has 0 saturated heterocycles. The highest BCUT2D eigenvalue weighted by atomic mass is 16.3. The second-order valence-corrected chi connectivity index (χ2v) is 4.91. The van der Waals surface area contributed by atoms with Gasteiger partial charge in [-0.1, -0.05) is 26.2 Å². The lowest BCUT2D eigenvalue weighted by Gasteiger charge is -2.31. The number of nitrogens with zero attached hydrogens (tertiary/aromatic N) is 1. The van der Waals surface area contributed by atoms with Gasteiger partial charge in [0.1, 0.15) is 0 Å². The third-order valence-electron chi connectivity index (χ3n) is 3.66. The molecule has 0 radical (unpaired) electrons. The lowest BCUT2D eigenvalue weighted by Crippen LogP contribution is -2.45. The molecule has 100 valence electrons. The van der Waals surface area contributed by atoms with Crippen LogP contribution in [0.1, 0.15) is 45.4 Å². The van der Waals surface area contributed by atoms with Crippen LogP contribution in [0.25, 0.3) is 0 Å². The summed E-state index contributed by atoms with van der Waals surface area (Å²) in [6, 6.07) is 0.334. The van der Waals surface area contributed by atoms with Crippen LogP contribution in [0.15, 0.2) is 0 Å². The Labute approximate surface area is 104 Å². The summed E-state index contributed by atoms with van der Waals surface area (Å²) < 4.78 is 0. The highest BCUT2D eigenvalue weighted by Crippen LogP contribution is 2.25. The van der Waals surface area contributed by atoms with Crippen molar-refractivity contribution in [2.45, 2.75) is 51.5 Å². The Morgan fingerprint density at radius 2 is 2.12 bits per heavy atom. The molecular weight excluding hydrogens is 216 g/mol. The van der Waals surface area contributed by atoms with Gasteiger partial charge in [-0.3, -0.25) is 4.79 Å². The monoisotopic (exact) mass is 242 g/mol. The maximum Gasteiger partial charge on any atom is 0.227 e. The molecule has 1 amide bonds. The van der Waals surface area contributed by atoms with Crippen molar-refractivity contribution in [2.24, 2.45) is 11.7 Å². The maximum atomic E-state index is 12.4. The van der Waals surface area contributed by atoms with Gasteiger partial charge < -0.3 is 15.7 Å². The van der Waals surface area contributed by atoms with E-state index in [4.69, 9.17) is 10.8 Å². The summed E-state index contributed by atoms with van der Waals surface area (Å²) in [5.74, 6) is 0.0856. The lowest BCUT2D eigenvalue weighted by atomic mass is 10.0. The van der Waals surface area contributed by atoms with Gasteiger partial charge in [0.2, 0.25) is 5.91 Å². The van der Waals surface area contributed by atoms with Crippen LogP contribution < -0.4 is 5.73 Å². The Hall–Kier alpha value is -0.610. The number of nitrogens with two attached hydrogens (primary N) is 1. The zero-order chi connectivity index (χ0) is 12.7. The van der Waals surface area contributed by atoms with Crippen molar-refractivity contribution >= 4 is 5.91 Å². The van der Waals surface area contributed by atoms with Crippen molar-refractivity contribution in [3.8, 4) is 0 Å². The summed E-state index contributed by atoms with van der Waals surface area (Å²) >= 11 is 0. The second-order valence-electron chi connectivity index (χ2n) is 4.91. The van der Waals surface area contributed by atoms with E-state index in [-0.39, 0.29) is 18.4 Å². The minimum atomic E-state index is -0.0628. The molecule has 4 heteroatoms. The average molecular weight is 242 g/mol. The minimum absolute atomic E-state index is 0.0473. The highest BCUT2D eigenvalue weighted by Gasteiger charge is 2.29. The Morgan fingerprint density at radius 3 is 2.59 bits per heavy atom. The van der Waals surface area contributed by atoms with Crippen molar-refractivity contribution < 1.29 is 9.90 Å². The highest BCUT2D eigenvalue weighted by molar-refractivity contribution is 5.79. The zero-order valence-corrected chi connectivity index (χ0v) is 10.9. The Balaban J connectivity index is 2.63. The zero-order valence-electron chi connectivity index (χ0n) is 10.9. The molecule has 1 unspecified atom stereocenters. The van der Waals surface area contributed by atoms with Crippen LogP contribution in [0, 0.1) is 5.92 Å². The van der Waals surface area contributed by atoms with Gasteiger partial charge in [-0.15, -0.1) is 0 Å². The number of hydrogen-bond donors (Lipinski definition) is 2. The van der Waals surface area contributed by atoms with Crippen LogP contribution in [0.3, 0.4) is 0 Å². The van der Waals surface area contributed by atoms with Crippen LogP contribution in [0.5, 0.6) is 0 Å². The third-order valence-corrected chi connectivity index (χ3v) is 3.66. The van der Waals surface area contributed by atoms with E-state index in [2.05, 4.69) is 6.92 Å². The number of carbonyl (C=O) groups is 1. The molecule has 1 aliphatic carbocycles. The number of amides is 1. The van der Waals surface area contributed by atoms with E-state index in [1.54, 1.807) is 0 Å². The molecule has 0 spiro atoms. The number of aliphatic hydroxyl groups is 1. The molecule has 0 bridgehead atoms. The molecule has 1 aliphatic rings. The topological polar surface area (TPSA) is 66.6 Å². The van der Waals surface area contributed by atoms with Crippen LogP contribution in [-0.4, -0.2) is 41.7 Å². The van der Waals surface area contributed by atoms with Gasteiger partial charge in [0.05, 0.1) is 12.5 Å². The van der Waals surface area contributed by atoms with Gasteiger partial charge >= 0.3 is 0 Å². The first kappa shape index (κ1) is 14.5. The fourth-order valence-corrected chi connectivity index (χ4v) is 2.72. The summed E-state index contributed by atoms with van der Waals surface area (Å²) in [6.07, 6.45) is 6.38. The molecule has 0 aromatic heterocycles. The van der Waals surface area contributed by atoms with Crippen molar-refractivity contribution in [2.75, 3.05) is 19.7 Å². The molecular formula is C13H26N2O2. The first-order valence-corrected chi connectivity index (χ1v) is 6.86. The maximum absolute atomic E-state index is 12.4. The number of hydrogen-bond acceptors (Lipinski definition) is 3. The Bertz CT molecular complexity index is 227. The van der Waals surface area contributed by atoms with Crippen LogP contribution in [-0.2, 0) is 4.79 Å². The van der Waals surface area contributed by atoms with Crippen molar-refractivity contribution in [1.82, 2.24) is 4.90 Å². The van der Waals surface area contributed by atoms with Gasteiger partial charge in [0.25, 0.3) is 0 Å². The molecule has 1 atom stereocenters. The smallest absolute Gasteiger partial charge is 0.227 e. The molecule has 1 saturated carbocycles. The molecule has 1 rings (SSSR count). The second kappa shape index (κ2) is 7.67. The molecule has 0 aliphatic heterocycles. The van der Waals surface area contributed by atoms with Crippen molar-refractivity contribution in [3.05, 3.63) is 0 Å². The number of rotatable bonds is 7. The fourth-order valence-electron chi connectivity index (χ4n) is 2.72. The summed E-state index contributed by atoms with van der Waals surface area (Å²) in [7, 11) is 0. The van der Waals surface area contributed by atoms with E-state index in [1.807, 2.05) is 4.90 Å². The molecule has 3 N–H and O–H groups in total. The molecule has 17 heavy (non-hydrogen) atoms. The van der Waals surface area contributed by atoms with Gasteiger partial charge in [0.15, 0.2) is 0 Å². The van der Waals surface area contributed by atoms with Gasteiger partial charge in [0, 0.05) is 19.1 Å². The molecule has 0 aromatic rings. The fraction of sp³-hybridized carbons (Fsp3) is 0.923. The van der Waals surface area contributed by atoms with Crippen LogP contribution in [0.2, 0.25) is 0 Å². The van der Waals surface area contributed by atoms with Gasteiger partial charge in [-0.25, -0.2) is 0 Å². The van der Waals surface area contributed by atoms with Crippen LogP contribution in [0.4, 0.5) is 0 Å². The molecule has 1 fully saturated rings. The quantitative estimate of drug-likeness (QED) is 0.703. The number of aliphatic hydroxyl groups excluding tert-OH is 1. The van der Waals surface area contributed by atoms with E-state index >= 15 is 0 Å². The average Bonchev–Trinajstić information content (AvgIpc) is 2.85. The van der Waals surface area contributed by atoms with Gasteiger partial charge in [-0.05, 0) is 19.3 Å². The SMILES string of the molecule is CCCC(CN)C(=O)N(CCO)C1CCCC1. The predicted octanol–water partition coefficient (Wildman–Crippen LogP) is 1.12. The third kappa shape index (κ3) is 3.96.